The van der Waals surface area contributed by atoms with Gasteiger partial charge in [-0.05, 0) is 36.2 Å². The molecule has 3 rings (SSSR count). The lowest BCUT2D eigenvalue weighted by Gasteiger charge is -2.37. The van der Waals surface area contributed by atoms with E-state index in [1.165, 1.54) is 5.39 Å². The molecule has 20 heavy (non-hydrogen) atoms. The maximum atomic E-state index is 12.1. The van der Waals surface area contributed by atoms with Crippen molar-refractivity contribution in [1.29, 1.82) is 0 Å². The molecule has 1 saturated heterocycles. The highest BCUT2D eigenvalue weighted by molar-refractivity contribution is 7.91. The Morgan fingerprint density at radius 2 is 1.80 bits per heavy atom. The van der Waals surface area contributed by atoms with E-state index in [1.807, 2.05) is 32.0 Å². The van der Waals surface area contributed by atoms with Gasteiger partial charge in [-0.25, -0.2) is 8.42 Å². The maximum absolute atomic E-state index is 12.1. The Hall–Kier alpha value is -1.39. The summed E-state index contributed by atoms with van der Waals surface area (Å²) in [6, 6.07) is 14.2. The molecule has 106 valence electrons. The van der Waals surface area contributed by atoms with E-state index in [2.05, 4.69) is 29.6 Å². The van der Waals surface area contributed by atoms with E-state index in [0.717, 1.165) is 10.9 Å². The van der Waals surface area contributed by atoms with Crippen LogP contribution in [0, 0.1) is 0 Å². The molecule has 0 bridgehead atoms. The molecule has 0 radical (unpaired) electrons. The van der Waals surface area contributed by atoms with Gasteiger partial charge in [0.2, 0.25) is 0 Å². The van der Waals surface area contributed by atoms with Gasteiger partial charge < -0.3 is 5.32 Å². The Morgan fingerprint density at radius 1 is 1.10 bits per heavy atom. The third-order valence-corrected chi connectivity index (χ3v) is 5.74. The van der Waals surface area contributed by atoms with Gasteiger partial charge in [0.15, 0.2) is 9.84 Å². The fourth-order valence-electron chi connectivity index (χ4n) is 3.02. The van der Waals surface area contributed by atoms with Crippen molar-refractivity contribution in [3.63, 3.8) is 0 Å². The highest BCUT2D eigenvalue weighted by Gasteiger charge is 2.36. The summed E-state index contributed by atoms with van der Waals surface area (Å²) in [4.78, 5) is 0. The van der Waals surface area contributed by atoms with Crippen LogP contribution in [0.3, 0.4) is 0 Å². The van der Waals surface area contributed by atoms with E-state index in [0.29, 0.717) is 0 Å². The first-order valence-electron chi connectivity index (χ1n) is 6.82. The number of fused-ring (bicyclic) bond motifs is 1. The van der Waals surface area contributed by atoms with Crippen molar-refractivity contribution in [2.45, 2.75) is 25.4 Å². The first-order chi connectivity index (χ1) is 9.35. The summed E-state index contributed by atoms with van der Waals surface area (Å²) in [7, 11) is -3.00. The van der Waals surface area contributed by atoms with Crippen LogP contribution in [0.2, 0.25) is 0 Å². The van der Waals surface area contributed by atoms with Crippen LogP contribution in [0.15, 0.2) is 42.5 Å². The van der Waals surface area contributed by atoms with E-state index in [-0.39, 0.29) is 23.1 Å². The lowest BCUT2D eigenvalue weighted by molar-refractivity contribution is 0.360. The summed E-state index contributed by atoms with van der Waals surface area (Å²) in [6.45, 7) is 3.88. The van der Waals surface area contributed by atoms with Crippen LogP contribution in [0.25, 0.3) is 10.8 Å². The third-order valence-electron chi connectivity index (χ3n) is 3.74. The molecule has 1 aliphatic heterocycles. The average Bonchev–Trinajstić information content (AvgIpc) is 2.34. The van der Waals surface area contributed by atoms with Crippen molar-refractivity contribution in [3.05, 3.63) is 48.0 Å². The van der Waals surface area contributed by atoms with Crippen LogP contribution in [0.5, 0.6) is 0 Å². The van der Waals surface area contributed by atoms with Crippen molar-refractivity contribution in [2.24, 2.45) is 0 Å². The van der Waals surface area contributed by atoms with Gasteiger partial charge in [0.25, 0.3) is 0 Å². The molecular weight excluding hydrogens is 270 g/mol. The Labute approximate surface area is 119 Å². The summed E-state index contributed by atoms with van der Waals surface area (Å²) in [5, 5.41) is 5.77. The van der Waals surface area contributed by atoms with Crippen LogP contribution >= 0.6 is 0 Å². The van der Waals surface area contributed by atoms with Gasteiger partial charge >= 0.3 is 0 Å². The molecule has 0 spiro atoms. The van der Waals surface area contributed by atoms with Crippen LogP contribution in [0.4, 0.5) is 0 Å². The summed E-state index contributed by atoms with van der Waals surface area (Å²) in [6.07, 6.45) is 0. The van der Waals surface area contributed by atoms with Crippen molar-refractivity contribution in [2.75, 3.05) is 11.5 Å². The molecule has 1 unspecified atom stereocenters. The molecule has 1 atom stereocenters. The van der Waals surface area contributed by atoms with Gasteiger partial charge in [0, 0.05) is 11.6 Å². The highest BCUT2D eigenvalue weighted by atomic mass is 32.2. The number of rotatable bonds is 1. The van der Waals surface area contributed by atoms with Crippen LogP contribution in [-0.2, 0) is 9.84 Å². The molecule has 1 aliphatic rings. The van der Waals surface area contributed by atoms with Gasteiger partial charge in [-0.15, -0.1) is 0 Å². The summed E-state index contributed by atoms with van der Waals surface area (Å²) >= 11 is 0. The predicted octanol–water partition coefficient (Wildman–Crippen LogP) is 2.68. The molecule has 3 nitrogen and oxygen atoms in total. The Bertz CT molecular complexity index is 750. The van der Waals surface area contributed by atoms with Crippen LogP contribution in [0.1, 0.15) is 25.5 Å². The standard InChI is InChI=1S/C16H19NO2S/c1-16(2)11-20(18,19)10-15(17-16)14-8-7-12-5-3-4-6-13(12)9-14/h3-9,15,17H,10-11H2,1-2H3. The van der Waals surface area contributed by atoms with Gasteiger partial charge in [0.05, 0.1) is 11.5 Å². The van der Waals surface area contributed by atoms with E-state index in [1.54, 1.807) is 0 Å². The number of hydrogen-bond acceptors (Lipinski definition) is 3. The zero-order chi connectivity index (χ0) is 14.4. The van der Waals surface area contributed by atoms with E-state index in [9.17, 15) is 8.42 Å². The van der Waals surface area contributed by atoms with Crippen molar-refractivity contribution in [1.82, 2.24) is 5.32 Å². The van der Waals surface area contributed by atoms with Crippen molar-refractivity contribution in [3.8, 4) is 0 Å². The minimum atomic E-state index is -3.00. The molecule has 1 heterocycles. The quantitative estimate of drug-likeness (QED) is 0.878. The minimum absolute atomic E-state index is 0.131. The first-order valence-corrected chi connectivity index (χ1v) is 8.64. The summed E-state index contributed by atoms with van der Waals surface area (Å²) in [5.74, 6) is 0.374. The molecule has 1 N–H and O–H groups in total. The molecule has 0 amide bonds. The average molecular weight is 289 g/mol. The molecule has 2 aromatic carbocycles. The Balaban J connectivity index is 2.02. The largest absolute Gasteiger partial charge is 0.303 e. The zero-order valence-electron chi connectivity index (χ0n) is 11.8. The normalized spacial score (nSPS) is 24.6. The van der Waals surface area contributed by atoms with Crippen LogP contribution in [-0.4, -0.2) is 25.5 Å². The maximum Gasteiger partial charge on any atom is 0.153 e. The predicted molar refractivity (Wildman–Crippen MR) is 82.6 cm³/mol. The SMILES string of the molecule is CC1(C)CS(=O)(=O)CC(c2ccc3ccccc3c2)N1. The van der Waals surface area contributed by atoms with Gasteiger partial charge in [-0.3, -0.25) is 0 Å². The third kappa shape index (κ3) is 2.72. The topological polar surface area (TPSA) is 46.2 Å². The Morgan fingerprint density at radius 3 is 2.50 bits per heavy atom. The smallest absolute Gasteiger partial charge is 0.153 e. The number of benzene rings is 2. The molecule has 1 fully saturated rings. The van der Waals surface area contributed by atoms with Crippen molar-refractivity contribution >= 4 is 20.6 Å². The molecule has 0 saturated carbocycles. The van der Waals surface area contributed by atoms with E-state index in [4.69, 9.17) is 0 Å². The molecule has 0 aliphatic carbocycles. The summed E-state index contributed by atoms with van der Waals surface area (Å²) < 4.78 is 24.1. The molecular formula is C16H19NO2S. The van der Waals surface area contributed by atoms with Crippen LogP contribution < -0.4 is 5.32 Å². The number of nitrogens with one attached hydrogen (secondary N) is 1. The summed E-state index contributed by atoms with van der Waals surface area (Å²) in [5.41, 5.74) is 0.660. The monoisotopic (exact) mass is 289 g/mol. The molecule has 0 aromatic heterocycles. The second-order valence-corrected chi connectivity index (χ2v) is 8.35. The van der Waals surface area contributed by atoms with E-state index < -0.39 is 9.84 Å². The fourth-order valence-corrected chi connectivity index (χ4v) is 5.11. The lowest BCUT2D eigenvalue weighted by atomic mass is 9.99. The number of sulfone groups is 1. The first kappa shape index (κ1) is 13.6. The highest BCUT2D eigenvalue weighted by Crippen LogP contribution is 2.28. The number of hydrogen-bond donors (Lipinski definition) is 1. The second-order valence-electron chi connectivity index (χ2n) is 6.24. The molecule has 2 aromatic rings. The van der Waals surface area contributed by atoms with Gasteiger partial charge in [0.1, 0.15) is 0 Å². The second kappa shape index (κ2) is 4.57. The van der Waals surface area contributed by atoms with Gasteiger partial charge in [-0.2, -0.15) is 0 Å². The lowest BCUT2D eigenvalue weighted by Crippen LogP contribution is -2.54. The Kier molecular flexibility index (Phi) is 3.10. The van der Waals surface area contributed by atoms with Crippen molar-refractivity contribution < 1.29 is 8.42 Å². The van der Waals surface area contributed by atoms with Gasteiger partial charge in [-0.1, -0.05) is 36.4 Å². The fraction of sp³-hybridized carbons (Fsp3) is 0.375. The molecule has 4 heteroatoms. The zero-order valence-corrected chi connectivity index (χ0v) is 12.6. The minimum Gasteiger partial charge on any atom is -0.303 e. The van der Waals surface area contributed by atoms with E-state index >= 15 is 0 Å².